The van der Waals surface area contributed by atoms with E-state index in [1.165, 1.54) is 18.2 Å². The topological polar surface area (TPSA) is 81.4 Å². The zero-order valence-corrected chi connectivity index (χ0v) is 11.7. The molecule has 0 aliphatic rings. The molecule has 5 nitrogen and oxygen atoms in total. The van der Waals surface area contributed by atoms with Crippen molar-refractivity contribution >= 4 is 10.0 Å². The Morgan fingerprint density at radius 1 is 1.42 bits per heavy atom. The van der Waals surface area contributed by atoms with E-state index in [-0.39, 0.29) is 23.5 Å². The molecule has 0 aliphatic heterocycles. The maximum absolute atomic E-state index is 13.5. The molecule has 0 atom stereocenters. The largest absolute Gasteiger partial charge is 0.382 e. The first-order valence-corrected chi connectivity index (χ1v) is 7.56. The van der Waals surface area contributed by atoms with Gasteiger partial charge < -0.3 is 10.5 Å². The molecule has 0 saturated heterocycles. The standard InChI is InChI=1S/C12H19FN2O3S/c1-2-18-8-4-7-15-19(16,17)12-6-3-5-11(13)10(12)9-14/h3,5-6,15H,2,4,7-9,14H2,1H3. The first kappa shape index (κ1) is 16.0. The average Bonchev–Trinajstić information content (AvgIpc) is 2.38. The highest BCUT2D eigenvalue weighted by Gasteiger charge is 2.19. The molecule has 0 radical (unpaired) electrons. The lowest BCUT2D eigenvalue weighted by Gasteiger charge is -2.11. The van der Waals surface area contributed by atoms with E-state index < -0.39 is 15.8 Å². The summed E-state index contributed by atoms with van der Waals surface area (Å²) in [5.74, 6) is -0.611. The van der Waals surface area contributed by atoms with Crippen LogP contribution in [0.2, 0.25) is 0 Å². The Morgan fingerprint density at radius 3 is 2.79 bits per heavy atom. The van der Waals surface area contributed by atoms with Crippen molar-refractivity contribution in [3.8, 4) is 0 Å². The third-order valence-corrected chi connectivity index (χ3v) is 4.08. The molecule has 1 rings (SSSR count). The quantitative estimate of drug-likeness (QED) is 0.700. The SMILES string of the molecule is CCOCCCNS(=O)(=O)c1cccc(F)c1CN. The molecule has 0 aromatic heterocycles. The van der Waals surface area contributed by atoms with E-state index in [2.05, 4.69) is 4.72 Å². The van der Waals surface area contributed by atoms with E-state index in [1.54, 1.807) is 0 Å². The summed E-state index contributed by atoms with van der Waals surface area (Å²) in [6.07, 6.45) is 0.556. The van der Waals surface area contributed by atoms with Gasteiger partial charge in [0.2, 0.25) is 10.0 Å². The third kappa shape index (κ3) is 4.54. The number of hydrogen-bond donors (Lipinski definition) is 2. The van der Waals surface area contributed by atoms with Crippen molar-refractivity contribution in [3.05, 3.63) is 29.6 Å². The molecule has 108 valence electrons. The second kappa shape index (κ2) is 7.54. The van der Waals surface area contributed by atoms with E-state index in [0.717, 1.165) is 0 Å². The van der Waals surface area contributed by atoms with Gasteiger partial charge in [0.1, 0.15) is 5.82 Å². The Morgan fingerprint density at radius 2 is 2.16 bits per heavy atom. The van der Waals surface area contributed by atoms with Crippen LogP contribution in [0.5, 0.6) is 0 Å². The Kier molecular flexibility index (Phi) is 6.36. The summed E-state index contributed by atoms with van der Waals surface area (Å²) in [6, 6.07) is 3.88. The summed E-state index contributed by atoms with van der Waals surface area (Å²) in [5.41, 5.74) is 5.39. The van der Waals surface area contributed by atoms with Gasteiger partial charge in [-0.1, -0.05) is 6.07 Å². The van der Waals surface area contributed by atoms with Crippen LogP contribution in [0.25, 0.3) is 0 Å². The van der Waals surface area contributed by atoms with Gasteiger partial charge in [0, 0.05) is 31.9 Å². The van der Waals surface area contributed by atoms with Crippen molar-refractivity contribution in [2.45, 2.75) is 24.8 Å². The van der Waals surface area contributed by atoms with Crippen molar-refractivity contribution in [1.29, 1.82) is 0 Å². The number of rotatable bonds is 8. The summed E-state index contributed by atoms with van der Waals surface area (Å²) < 4.78 is 45.0. The zero-order chi connectivity index (χ0) is 14.3. The van der Waals surface area contributed by atoms with Crippen LogP contribution < -0.4 is 10.5 Å². The van der Waals surface area contributed by atoms with Crippen molar-refractivity contribution in [3.63, 3.8) is 0 Å². The molecule has 0 amide bonds. The van der Waals surface area contributed by atoms with Crippen molar-refractivity contribution in [1.82, 2.24) is 4.72 Å². The van der Waals surface area contributed by atoms with Crippen LogP contribution in [0.3, 0.4) is 0 Å². The molecule has 3 N–H and O–H groups in total. The van der Waals surface area contributed by atoms with Crippen molar-refractivity contribution in [2.75, 3.05) is 19.8 Å². The van der Waals surface area contributed by atoms with Gasteiger partial charge in [-0.2, -0.15) is 0 Å². The van der Waals surface area contributed by atoms with Gasteiger partial charge in [-0.3, -0.25) is 0 Å². The number of halogens is 1. The number of nitrogens with two attached hydrogens (primary N) is 1. The number of nitrogens with one attached hydrogen (secondary N) is 1. The maximum atomic E-state index is 13.5. The summed E-state index contributed by atoms with van der Waals surface area (Å²) in [6.45, 7) is 3.01. The molecule has 19 heavy (non-hydrogen) atoms. The van der Waals surface area contributed by atoms with Crippen LogP contribution in [0.4, 0.5) is 4.39 Å². The predicted octanol–water partition coefficient (Wildman–Crippen LogP) is 0.989. The molecule has 0 bridgehead atoms. The smallest absolute Gasteiger partial charge is 0.240 e. The van der Waals surface area contributed by atoms with E-state index in [1.807, 2.05) is 6.92 Å². The molecule has 0 spiro atoms. The fourth-order valence-electron chi connectivity index (χ4n) is 1.59. The van der Waals surface area contributed by atoms with Crippen LogP contribution in [0, 0.1) is 5.82 Å². The van der Waals surface area contributed by atoms with Crippen molar-refractivity contribution < 1.29 is 17.5 Å². The Labute approximate surface area is 113 Å². The molecule has 0 unspecified atom stereocenters. The van der Waals surface area contributed by atoms with Crippen LogP contribution in [-0.2, 0) is 21.3 Å². The molecule has 0 fully saturated rings. The lowest BCUT2D eigenvalue weighted by Crippen LogP contribution is -2.27. The molecule has 0 aliphatic carbocycles. The fraction of sp³-hybridized carbons (Fsp3) is 0.500. The summed E-state index contributed by atoms with van der Waals surface area (Å²) in [4.78, 5) is -0.105. The highest BCUT2D eigenvalue weighted by Crippen LogP contribution is 2.18. The third-order valence-electron chi connectivity index (χ3n) is 2.53. The minimum absolute atomic E-state index is 0.000178. The van der Waals surface area contributed by atoms with E-state index in [9.17, 15) is 12.8 Å². The molecular formula is C12H19FN2O3S. The monoisotopic (exact) mass is 290 g/mol. The van der Waals surface area contributed by atoms with Gasteiger partial charge in [-0.05, 0) is 25.5 Å². The number of hydrogen-bond acceptors (Lipinski definition) is 4. The lowest BCUT2D eigenvalue weighted by molar-refractivity contribution is 0.146. The van der Waals surface area contributed by atoms with Gasteiger partial charge in [0.25, 0.3) is 0 Å². The van der Waals surface area contributed by atoms with E-state index in [4.69, 9.17) is 10.5 Å². The van der Waals surface area contributed by atoms with Crippen molar-refractivity contribution in [2.24, 2.45) is 5.73 Å². The van der Waals surface area contributed by atoms with Gasteiger partial charge >= 0.3 is 0 Å². The van der Waals surface area contributed by atoms with Gasteiger partial charge in [-0.25, -0.2) is 17.5 Å². The van der Waals surface area contributed by atoms with Crippen LogP contribution in [-0.4, -0.2) is 28.2 Å². The highest BCUT2D eigenvalue weighted by atomic mass is 32.2. The Bertz CT molecular complexity index is 506. The number of sulfonamides is 1. The molecule has 1 aromatic rings. The van der Waals surface area contributed by atoms with E-state index >= 15 is 0 Å². The average molecular weight is 290 g/mol. The fourth-order valence-corrected chi connectivity index (χ4v) is 2.92. The first-order chi connectivity index (χ1) is 9.03. The van der Waals surface area contributed by atoms with Crippen LogP contribution in [0.15, 0.2) is 23.1 Å². The Hall–Kier alpha value is -1.02. The van der Waals surface area contributed by atoms with Gasteiger partial charge in [-0.15, -0.1) is 0 Å². The second-order valence-electron chi connectivity index (χ2n) is 3.87. The highest BCUT2D eigenvalue weighted by molar-refractivity contribution is 7.89. The number of benzene rings is 1. The molecule has 0 heterocycles. The normalized spacial score (nSPS) is 11.7. The zero-order valence-electron chi connectivity index (χ0n) is 10.9. The van der Waals surface area contributed by atoms with Gasteiger partial charge in [0.05, 0.1) is 4.90 Å². The van der Waals surface area contributed by atoms with E-state index in [0.29, 0.717) is 19.6 Å². The van der Waals surface area contributed by atoms with Crippen LogP contribution in [0.1, 0.15) is 18.9 Å². The van der Waals surface area contributed by atoms with Crippen LogP contribution >= 0.6 is 0 Å². The lowest BCUT2D eigenvalue weighted by atomic mass is 10.2. The Balaban J connectivity index is 2.75. The first-order valence-electron chi connectivity index (χ1n) is 6.07. The maximum Gasteiger partial charge on any atom is 0.240 e. The minimum Gasteiger partial charge on any atom is -0.382 e. The minimum atomic E-state index is -3.74. The molecular weight excluding hydrogens is 271 g/mol. The summed E-state index contributed by atoms with van der Waals surface area (Å²) in [5, 5.41) is 0. The predicted molar refractivity (Wildman–Crippen MR) is 70.6 cm³/mol. The summed E-state index contributed by atoms with van der Waals surface area (Å²) >= 11 is 0. The molecule has 1 aromatic carbocycles. The molecule has 0 saturated carbocycles. The summed E-state index contributed by atoms with van der Waals surface area (Å²) in [7, 11) is -3.74. The molecule has 7 heteroatoms. The number of ether oxygens (including phenoxy) is 1. The van der Waals surface area contributed by atoms with Gasteiger partial charge in [0.15, 0.2) is 0 Å². The second-order valence-corrected chi connectivity index (χ2v) is 5.60.